The van der Waals surface area contributed by atoms with E-state index in [2.05, 4.69) is 0 Å². The molecule has 2 heteroatoms. The number of rotatable bonds is 4. The van der Waals surface area contributed by atoms with Gasteiger partial charge in [0.25, 0.3) is 0 Å². The number of alkyl halides is 1. The Hall–Kier alpha value is -0.690. The summed E-state index contributed by atoms with van der Waals surface area (Å²) in [6.45, 7) is 0. The second-order valence-electron chi connectivity index (χ2n) is 2.77. The molecule has 0 fully saturated rings. The van der Waals surface area contributed by atoms with E-state index in [1.54, 1.807) is 6.07 Å². The maximum Gasteiger partial charge on any atom is 0.118 e. The monoisotopic (exact) mass is 184 g/mol. The lowest BCUT2D eigenvalue weighted by atomic mass is 10.1. The number of phenols is 1. The lowest BCUT2D eigenvalue weighted by Crippen LogP contribution is -1.86. The van der Waals surface area contributed by atoms with E-state index >= 15 is 0 Å². The normalized spacial score (nSPS) is 10.1. The molecule has 1 aromatic carbocycles. The first kappa shape index (κ1) is 9.40. The van der Waals surface area contributed by atoms with E-state index in [0.717, 1.165) is 24.8 Å². The zero-order valence-electron chi connectivity index (χ0n) is 6.96. The highest BCUT2D eigenvalue weighted by molar-refractivity contribution is 6.17. The van der Waals surface area contributed by atoms with E-state index in [1.807, 2.05) is 18.2 Å². The predicted octanol–water partition coefficient (Wildman–Crippen LogP) is 2.95. The third-order valence-electron chi connectivity index (χ3n) is 1.82. The van der Waals surface area contributed by atoms with Crippen LogP contribution in [0.4, 0.5) is 0 Å². The van der Waals surface area contributed by atoms with Crippen molar-refractivity contribution in [3.8, 4) is 5.75 Å². The number of hydrogen-bond donors (Lipinski definition) is 1. The second kappa shape index (κ2) is 5.04. The van der Waals surface area contributed by atoms with Crippen molar-refractivity contribution in [2.75, 3.05) is 5.88 Å². The van der Waals surface area contributed by atoms with Crippen molar-refractivity contribution in [3.05, 3.63) is 29.8 Å². The summed E-state index contributed by atoms with van der Waals surface area (Å²) in [5, 5.41) is 9.38. The Kier molecular flexibility index (Phi) is 3.95. The van der Waals surface area contributed by atoms with Crippen LogP contribution in [0.1, 0.15) is 18.4 Å². The Bertz CT molecular complexity index is 235. The van der Waals surface area contributed by atoms with Crippen molar-refractivity contribution in [1.29, 1.82) is 0 Å². The highest BCUT2D eigenvalue weighted by Gasteiger charge is 1.97. The molecular formula is C10H13ClO. The Labute approximate surface area is 78.0 Å². The van der Waals surface area contributed by atoms with Crippen molar-refractivity contribution >= 4 is 11.6 Å². The van der Waals surface area contributed by atoms with E-state index in [4.69, 9.17) is 11.6 Å². The molecule has 0 radical (unpaired) electrons. The van der Waals surface area contributed by atoms with Gasteiger partial charge in [-0.25, -0.2) is 0 Å². The van der Waals surface area contributed by atoms with Gasteiger partial charge in [0, 0.05) is 5.88 Å². The molecular weight excluding hydrogens is 172 g/mol. The summed E-state index contributed by atoms with van der Waals surface area (Å²) >= 11 is 5.55. The Morgan fingerprint density at radius 3 is 2.58 bits per heavy atom. The van der Waals surface area contributed by atoms with Crippen molar-refractivity contribution in [1.82, 2.24) is 0 Å². The van der Waals surface area contributed by atoms with Crippen LogP contribution < -0.4 is 0 Å². The van der Waals surface area contributed by atoms with Crippen molar-refractivity contribution in [2.45, 2.75) is 19.3 Å². The van der Waals surface area contributed by atoms with Crippen molar-refractivity contribution < 1.29 is 5.11 Å². The molecule has 0 saturated heterocycles. The maximum atomic E-state index is 9.38. The summed E-state index contributed by atoms with van der Waals surface area (Å²) in [6, 6.07) is 7.44. The van der Waals surface area contributed by atoms with Gasteiger partial charge in [-0.15, -0.1) is 11.6 Å². The molecule has 0 heterocycles. The molecule has 0 amide bonds. The average Bonchev–Trinajstić information content (AvgIpc) is 2.09. The van der Waals surface area contributed by atoms with Crippen LogP contribution in [-0.2, 0) is 6.42 Å². The summed E-state index contributed by atoms with van der Waals surface area (Å²) in [7, 11) is 0. The highest BCUT2D eigenvalue weighted by Crippen LogP contribution is 2.17. The molecule has 0 aliphatic heterocycles. The molecule has 1 aromatic rings. The van der Waals surface area contributed by atoms with Crippen molar-refractivity contribution in [3.63, 3.8) is 0 Å². The third kappa shape index (κ3) is 2.74. The Morgan fingerprint density at radius 2 is 1.92 bits per heavy atom. The van der Waals surface area contributed by atoms with Gasteiger partial charge in [-0.1, -0.05) is 18.2 Å². The molecule has 0 aliphatic carbocycles. The summed E-state index contributed by atoms with van der Waals surface area (Å²) in [4.78, 5) is 0. The third-order valence-corrected chi connectivity index (χ3v) is 2.09. The Morgan fingerprint density at radius 1 is 1.17 bits per heavy atom. The lowest BCUT2D eigenvalue weighted by Gasteiger charge is -2.01. The van der Waals surface area contributed by atoms with E-state index in [0.29, 0.717) is 11.6 Å². The first-order chi connectivity index (χ1) is 5.84. The standard InChI is InChI=1S/C10H13ClO/c11-8-4-3-6-9-5-1-2-7-10(9)12/h1-2,5,7,12H,3-4,6,8H2. The summed E-state index contributed by atoms with van der Waals surface area (Å²) in [5.74, 6) is 1.10. The minimum absolute atomic E-state index is 0.395. The minimum atomic E-state index is 0.395. The van der Waals surface area contributed by atoms with Crippen LogP contribution in [-0.4, -0.2) is 11.0 Å². The lowest BCUT2D eigenvalue weighted by molar-refractivity contribution is 0.467. The highest BCUT2D eigenvalue weighted by atomic mass is 35.5. The summed E-state index contributed by atoms with van der Waals surface area (Å²) < 4.78 is 0. The predicted molar refractivity (Wildman–Crippen MR) is 51.8 cm³/mol. The van der Waals surface area contributed by atoms with Crippen LogP contribution in [0.25, 0.3) is 0 Å². The van der Waals surface area contributed by atoms with Crippen LogP contribution in [0, 0.1) is 0 Å². The van der Waals surface area contributed by atoms with Crippen LogP contribution in [0.15, 0.2) is 24.3 Å². The maximum absolute atomic E-state index is 9.38. The minimum Gasteiger partial charge on any atom is -0.508 e. The number of phenolic OH excluding ortho intramolecular Hbond substituents is 1. The van der Waals surface area contributed by atoms with Crippen LogP contribution >= 0.6 is 11.6 Å². The zero-order chi connectivity index (χ0) is 8.81. The van der Waals surface area contributed by atoms with Gasteiger partial charge in [-0.05, 0) is 30.9 Å². The van der Waals surface area contributed by atoms with Crippen LogP contribution in [0.3, 0.4) is 0 Å². The van der Waals surface area contributed by atoms with E-state index in [1.165, 1.54) is 0 Å². The number of hydrogen-bond acceptors (Lipinski definition) is 1. The largest absolute Gasteiger partial charge is 0.508 e. The smallest absolute Gasteiger partial charge is 0.118 e. The molecule has 0 unspecified atom stereocenters. The topological polar surface area (TPSA) is 20.2 Å². The van der Waals surface area contributed by atoms with Gasteiger partial charge in [0.2, 0.25) is 0 Å². The number of aryl methyl sites for hydroxylation is 1. The van der Waals surface area contributed by atoms with Crippen LogP contribution in [0.5, 0.6) is 5.75 Å². The van der Waals surface area contributed by atoms with Gasteiger partial charge in [-0.3, -0.25) is 0 Å². The van der Waals surface area contributed by atoms with Gasteiger partial charge in [0.05, 0.1) is 0 Å². The van der Waals surface area contributed by atoms with Crippen molar-refractivity contribution in [2.24, 2.45) is 0 Å². The van der Waals surface area contributed by atoms with Gasteiger partial charge in [0.1, 0.15) is 5.75 Å². The molecule has 0 atom stereocenters. The second-order valence-corrected chi connectivity index (χ2v) is 3.15. The van der Waals surface area contributed by atoms with Gasteiger partial charge < -0.3 is 5.11 Å². The molecule has 66 valence electrons. The first-order valence-corrected chi connectivity index (χ1v) is 4.71. The molecule has 0 saturated carbocycles. The fourth-order valence-corrected chi connectivity index (χ4v) is 1.32. The number of aromatic hydroxyl groups is 1. The first-order valence-electron chi connectivity index (χ1n) is 4.17. The number of unbranched alkanes of at least 4 members (excludes halogenated alkanes) is 1. The van der Waals surface area contributed by atoms with Gasteiger partial charge in [-0.2, -0.15) is 0 Å². The molecule has 1 N–H and O–H groups in total. The average molecular weight is 185 g/mol. The fraction of sp³-hybridized carbons (Fsp3) is 0.400. The number of para-hydroxylation sites is 1. The van der Waals surface area contributed by atoms with Crippen LogP contribution in [0.2, 0.25) is 0 Å². The van der Waals surface area contributed by atoms with Gasteiger partial charge >= 0.3 is 0 Å². The number of benzene rings is 1. The van der Waals surface area contributed by atoms with E-state index in [9.17, 15) is 5.11 Å². The molecule has 1 nitrogen and oxygen atoms in total. The zero-order valence-corrected chi connectivity index (χ0v) is 7.72. The molecule has 0 aliphatic rings. The quantitative estimate of drug-likeness (QED) is 0.564. The molecule has 1 rings (SSSR count). The summed E-state index contributed by atoms with van der Waals surface area (Å²) in [6.07, 6.45) is 2.97. The molecule has 12 heavy (non-hydrogen) atoms. The summed E-state index contributed by atoms with van der Waals surface area (Å²) in [5.41, 5.74) is 1.02. The fourth-order valence-electron chi connectivity index (χ4n) is 1.13. The van der Waals surface area contributed by atoms with E-state index in [-0.39, 0.29) is 0 Å². The SMILES string of the molecule is Oc1ccccc1CCCCCl. The number of halogens is 1. The molecule has 0 aromatic heterocycles. The van der Waals surface area contributed by atoms with Gasteiger partial charge in [0.15, 0.2) is 0 Å². The van der Waals surface area contributed by atoms with E-state index < -0.39 is 0 Å². The molecule has 0 bridgehead atoms. The molecule has 0 spiro atoms. The Balaban J connectivity index is 2.46.